The Morgan fingerprint density at radius 2 is 2.12 bits per heavy atom. The van der Waals surface area contributed by atoms with Crippen molar-refractivity contribution < 1.29 is 14.6 Å². The lowest BCUT2D eigenvalue weighted by Gasteiger charge is -2.21. The monoisotopic (exact) mass is 220 g/mol. The van der Waals surface area contributed by atoms with E-state index in [1.54, 1.807) is 24.3 Å². The first-order valence-electron chi connectivity index (χ1n) is 5.55. The van der Waals surface area contributed by atoms with Crippen molar-refractivity contribution in [2.75, 3.05) is 6.61 Å². The van der Waals surface area contributed by atoms with Crippen molar-refractivity contribution in [3.63, 3.8) is 0 Å². The zero-order valence-corrected chi connectivity index (χ0v) is 9.40. The van der Waals surface area contributed by atoms with Gasteiger partial charge in [0.1, 0.15) is 11.4 Å². The third-order valence-corrected chi connectivity index (χ3v) is 3.11. The number of phenols is 1. The van der Waals surface area contributed by atoms with Crippen LogP contribution in [0.15, 0.2) is 24.3 Å². The van der Waals surface area contributed by atoms with Crippen LogP contribution in [0, 0.1) is 0 Å². The van der Waals surface area contributed by atoms with E-state index in [9.17, 15) is 4.79 Å². The van der Waals surface area contributed by atoms with E-state index < -0.39 is 5.60 Å². The minimum atomic E-state index is -0.599. The molecule has 16 heavy (non-hydrogen) atoms. The highest BCUT2D eigenvalue weighted by atomic mass is 16.5. The molecule has 1 fully saturated rings. The van der Waals surface area contributed by atoms with Crippen molar-refractivity contribution in [2.45, 2.75) is 31.8 Å². The highest BCUT2D eigenvalue weighted by Gasteiger charge is 2.36. The average Bonchev–Trinajstić information content (AvgIpc) is 2.70. The van der Waals surface area contributed by atoms with Crippen LogP contribution in [-0.2, 0) is 16.0 Å². The maximum absolute atomic E-state index is 12.0. The summed E-state index contributed by atoms with van der Waals surface area (Å²) >= 11 is 0. The zero-order chi connectivity index (χ0) is 11.6. The quantitative estimate of drug-likeness (QED) is 0.848. The van der Waals surface area contributed by atoms with Gasteiger partial charge in [-0.15, -0.1) is 0 Å². The third kappa shape index (κ3) is 2.25. The van der Waals surface area contributed by atoms with Crippen molar-refractivity contribution in [1.29, 1.82) is 0 Å². The summed E-state index contributed by atoms with van der Waals surface area (Å²) in [6.45, 7) is 2.54. The van der Waals surface area contributed by atoms with Crippen LogP contribution in [0.5, 0.6) is 5.75 Å². The van der Waals surface area contributed by atoms with Gasteiger partial charge < -0.3 is 9.84 Å². The molecule has 1 N–H and O–H groups in total. The first kappa shape index (κ1) is 11.1. The van der Waals surface area contributed by atoms with Crippen molar-refractivity contribution in [1.82, 2.24) is 0 Å². The van der Waals surface area contributed by atoms with Crippen LogP contribution < -0.4 is 0 Å². The molecule has 0 aliphatic carbocycles. The van der Waals surface area contributed by atoms with Crippen molar-refractivity contribution >= 4 is 5.78 Å². The molecule has 3 heteroatoms. The molecule has 1 aromatic carbocycles. The lowest BCUT2D eigenvalue weighted by atomic mass is 9.92. The Kier molecular flexibility index (Phi) is 2.97. The molecule has 1 saturated heterocycles. The second kappa shape index (κ2) is 4.26. The summed E-state index contributed by atoms with van der Waals surface area (Å²) in [5, 5.41) is 9.14. The van der Waals surface area contributed by atoms with Crippen molar-refractivity contribution in [3.8, 4) is 5.75 Å². The van der Waals surface area contributed by atoms with Crippen LogP contribution in [-0.4, -0.2) is 23.1 Å². The predicted octanol–water partition coefficient (Wildman–Crippen LogP) is 2.07. The van der Waals surface area contributed by atoms with Gasteiger partial charge in [0.05, 0.1) is 0 Å². The first-order chi connectivity index (χ1) is 7.60. The molecular weight excluding hydrogens is 204 g/mol. The second-order valence-electron chi connectivity index (χ2n) is 4.45. The summed E-state index contributed by atoms with van der Waals surface area (Å²) in [5.74, 6) is 0.343. The maximum atomic E-state index is 12.0. The van der Waals surface area contributed by atoms with Crippen LogP contribution in [0.25, 0.3) is 0 Å². The normalized spacial score (nSPS) is 24.6. The number of aromatic hydroxyl groups is 1. The van der Waals surface area contributed by atoms with E-state index in [1.165, 1.54) is 0 Å². The molecule has 0 amide bonds. The highest BCUT2D eigenvalue weighted by Crippen LogP contribution is 2.27. The van der Waals surface area contributed by atoms with Gasteiger partial charge in [-0.1, -0.05) is 12.1 Å². The molecule has 1 aromatic rings. The van der Waals surface area contributed by atoms with E-state index in [0.29, 0.717) is 13.0 Å². The molecular formula is C13H16O3. The Morgan fingerprint density at radius 3 is 2.69 bits per heavy atom. The van der Waals surface area contributed by atoms with Gasteiger partial charge in [-0.3, -0.25) is 4.79 Å². The molecule has 1 atom stereocenters. The number of Topliss-reactive ketones (excluding diaryl/α,β-unsaturated/α-hetero) is 1. The fourth-order valence-corrected chi connectivity index (χ4v) is 1.99. The Bertz CT molecular complexity index is 375. The maximum Gasteiger partial charge on any atom is 0.168 e. The highest BCUT2D eigenvalue weighted by molar-refractivity contribution is 5.89. The van der Waals surface area contributed by atoms with E-state index in [1.807, 2.05) is 6.92 Å². The van der Waals surface area contributed by atoms with Gasteiger partial charge in [0.2, 0.25) is 0 Å². The number of carbonyl (C=O) groups is 1. The minimum absolute atomic E-state index is 0.121. The van der Waals surface area contributed by atoms with Gasteiger partial charge in [-0.2, -0.15) is 0 Å². The summed E-state index contributed by atoms with van der Waals surface area (Å²) in [6.07, 6.45) is 2.14. The summed E-state index contributed by atoms with van der Waals surface area (Å²) in [4.78, 5) is 12.0. The number of phenolic OH excluding ortho intramolecular Hbond substituents is 1. The average molecular weight is 220 g/mol. The fraction of sp³-hybridized carbons (Fsp3) is 0.462. The molecule has 2 rings (SSSR count). The Labute approximate surface area is 95.0 Å². The number of benzene rings is 1. The van der Waals surface area contributed by atoms with Crippen LogP contribution in [0.1, 0.15) is 25.3 Å². The molecule has 0 spiro atoms. The molecule has 1 heterocycles. The van der Waals surface area contributed by atoms with E-state index in [-0.39, 0.29) is 11.5 Å². The van der Waals surface area contributed by atoms with Gasteiger partial charge in [0.25, 0.3) is 0 Å². The van der Waals surface area contributed by atoms with Crippen LogP contribution >= 0.6 is 0 Å². The number of ketones is 1. The van der Waals surface area contributed by atoms with E-state index in [2.05, 4.69) is 0 Å². The molecule has 86 valence electrons. The van der Waals surface area contributed by atoms with Gasteiger partial charge in [-0.25, -0.2) is 0 Å². The molecule has 0 radical (unpaired) electrons. The standard InChI is InChI=1S/C13H16O3/c1-13(7-2-8-16-13)12(15)9-10-3-5-11(14)6-4-10/h3-6,14H,2,7-9H2,1H3. The molecule has 0 aromatic heterocycles. The summed E-state index contributed by atoms with van der Waals surface area (Å²) in [7, 11) is 0. The topological polar surface area (TPSA) is 46.5 Å². The SMILES string of the molecule is CC1(C(=O)Cc2ccc(O)cc2)CCCO1. The number of hydrogen-bond donors (Lipinski definition) is 1. The van der Waals surface area contributed by atoms with Crippen LogP contribution in [0.2, 0.25) is 0 Å². The third-order valence-electron chi connectivity index (χ3n) is 3.11. The molecule has 3 nitrogen and oxygen atoms in total. The lowest BCUT2D eigenvalue weighted by molar-refractivity contribution is -0.136. The molecule has 1 unspecified atom stereocenters. The van der Waals surface area contributed by atoms with Gasteiger partial charge in [0.15, 0.2) is 5.78 Å². The van der Waals surface area contributed by atoms with Crippen molar-refractivity contribution in [3.05, 3.63) is 29.8 Å². The summed E-state index contributed by atoms with van der Waals surface area (Å²) in [5.41, 5.74) is 0.317. The minimum Gasteiger partial charge on any atom is -0.508 e. The molecule has 0 bridgehead atoms. The molecule has 1 aliphatic heterocycles. The Balaban J connectivity index is 2.04. The number of carbonyl (C=O) groups excluding carboxylic acids is 1. The van der Waals surface area contributed by atoms with E-state index in [4.69, 9.17) is 9.84 Å². The number of ether oxygens (including phenoxy) is 1. The largest absolute Gasteiger partial charge is 0.508 e. The fourth-order valence-electron chi connectivity index (χ4n) is 1.99. The number of hydrogen-bond acceptors (Lipinski definition) is 3. The Hall–Kier alpha value is -1.35. The van der Waals surface area contributed by atoms with E-state index in [0.717, 1.165) is 18.4 Å². The Morgan fingerprint density at radius 1 is 1.44 bits per heavy atom. The van der Waals surface area contributed by atoms with Crippen LogP contribution in [0.3, 0.4) is 0 Å². The van der Waals surface area contributed by atoms with Gasteiger partial charge >= 0.3 is 0 Å². The zero-order valence-electron chi connectivity index (χ0n) is 9.40. The first-order valence-corrected chi connectivity index (χ1v) is 5.55. The molecule has 0 saturated carbocycles. The predicted molar refractivity (Wildman–Crippen MR) is 60.4 cm³/mol. The van der Waals surface area contributed by atoms with Gasteiger partial charge in [-0.05, 0) is 37.5 Å². The summed E-state index contributed by atoms with van der Waals surface area (Å²) in [6, 6.07) is 6.73. The van der Waals surface area contributed by atoms with E-state index >= 15 is 0 Å². The number of rotatable bonds is 3. The molecule has 1 aliphatic rings. The summed E-state index contributed by atoms with van der Waals surface area (Å²) < 4.78 is 5.50. The second-order valence-corrected chi connectivity index (χ2v) is 4.45. The van der Waals surface area contributed by atoms with Crippen LogP contribution in [0.4, 0.5) is 0 Å². The van der Waals surface area contributed by atoms with Gasteiger partial charge in [0, 0.05) is 13.0 Å². The smallest absolute Gasteiger partial charge is 0.168 e. The lowest BCUT2D eigenvalue weighted by Crippen LogP contribution is -2.35. The van der Waals surface area contributed by atoms with Crippen molar-refractivity contribution in [2.24, 2.45) is 0 Å².